The maximum Gasteiger partial charge on any atom is 0.261 e. The molecular formula is C21H22N2O4. The first-order chi connectivity index (χ1) is 13.2. The van der Waals surface area contributed by atoms with Crippen molar-refractivity contribution < 1.29 is 19.1 Å². The summed E-state index contributed by atoms with van der Waals surface area (Å²) in [6.07, 6.45) is 3.00. The zero-order valence-corrected chi connectivity index (χ0v) is 15.2. The standard InChI is InChI=1S/C21H22N2O4/c1-15(16-8-9-18-19(12-16)26-14-25-18)23-27-13-20(24)22-21(10-5-11-21)17-6-3-2-4-7-17/h2-4,6-9,12H,5,10-11,13-14H2,1H3,(H,22,24). The van der Waals surface area contributed by atoms with E-state index in [0.29, 0.717) is 11.5 Å². The third-order valence-electron chi connectivity index (χ3n) is 5.10. The van der Waals surface area contributed by atoms with E-state index in [-0.39, 0.29) is 24.8 Å². The van der Waals surface area contributed by atoms with E-state index in [1.807, 2.05) is 43.3 Å². The molecule has 0 bridgehead atoms. The van der Waals surface area contributed by atoms with Gasteiger partial charge >= 0.3 is 0 Å². The Morgan fingerprint density at radius 1 is 1.15 bits per heavy atom. The van der Waals surface area contributed by atoms with Gasteiger partial charge < -0.3 is 19.6 Å². The van der Waals surface area contributed by atoms with Gasteiger partial charge in [-0.15, -0.1) is 0 Å². The van der Waals surface area contributed by atoms with Gasteiger partial charge in [0.2, 0.25) is 6.79 Å². The minimum Gasteiger partial charge on any atom is -0.454 e. The molecule has 4 rings (SSSR count). The summed E-state index contributed by atoms with van der Waals surface area (Å²) in [5, 5.41) is 7.19. The molecular weight excluding hydrogens is 344 g/mol. The van der Waals surface area contributed by atoms with Crippen LogP contribution < -0.4 is 14.8 Å². The third-order valence-corrected chi connectivity index (χ3v) is 5.10. The van der Waals surface area contributed by atoms with E-state index in [2.05, 4.69) is 22.6 Å². The Hall–Kier alpha value is -3.02. The lowest BCUT2D eigenvalue weighted by molar-refractivity contribution is -0.129. The van der Waals surface area contributed by atoms with Gasteiger partial charge in [0.25, 0.3) is 5.91 Å². The summed E-state index contributed by atoms with van der Waals surface area (Å²) < 4.78 is 10.7. The SMILES string of the molecule is CC(=NOCC(=O)NC1(c2ccccc2)CCC1)c1ccc2c(c1)OCO2. The number of nitrogens with zero attached hydrogens (tertiary/aromatic N) is 1. The van der Waals surface area contributed by atoms with Gasteiger partial charge in [-0.1, -0.05) is 35.5 Å². The summed E-state index contributed by atoms with van der Waals surface area (Å²) in [6, 6.07) is 15.7. The Bertz CT molecular complexity index is 860. The molecule has 6 nitrogen and oxygen atoms in total. The van der Waals surface area contributed by atoms with Crippen LogP contribution in [-0.4, -0.2) is 25.0 Å². The van der Waals surface area contributed by atoms with Gasteiger partial charge in [0.05, 0.1) is 11.3 Å². The highest BCUT2D eigenvalue weighted by Crippen LogP contribution is 2.41. The molecule has 1 aliphatic heterocycles. The molecule has 1 saturated carbocycles. The molecule has 140 valence electrons. The molecule has 2 aromatic carbocycles. The highest BCUT2D eigenvalue weighted by molar-refractivity contribution is 5.99. The summed E-state index contributed by atoms with van der Waals surface area (Å²) >= 11 is 0. The van der Waals surface area contributed by atoms with Crippen LogP contribution in [0.2, 0.25) is 0 Å². The van der Waals surface area contributed by atoms with Crippen LogP contribution in [0.4, 0.5) is 0 Å². The van der Waals surface area contributed by atoms with Crippen molar-refractivity contribution in [2.24, 2.45) is 5.16 Å². The predicted molar refractivity (Wildman–Crippen MR) is 101 cm³/mol. The molecule has 27 heavy (non-hydrogen) atoms. The van der Waals surface area contributed by atoms with E-state index in [1.165, 1.54) is 0 Å². The smallest absolute Gasteiger partial charge is 0.261 e. The second-order valence-electron chi connectivity index (χ2n) is 6.87. The van der Waals surface area contributed by atoms with E-state index in [9.17, 15) is 4.79 Å². The molecule has 6 heteroatoms. The van der Waals surface area contributed by atoms with Crippen molar-refractivity contribution in [2.45, 2.75) is 31.7 Å². The zero-order chi connectivity index (χ0) is 18.7. The molecule has 1 aliphatic carbocycles. The summed E-state index contributed by atoms with van der Waals surface area (Å²) in [6.45, 7) is 1.94. The maximum atomic E-state index is 12.4. The largest absolute Gasteiger partial charge is 0.454 e. The normalized spacial score (nSPS) is 17.1. The van der Waals surface area contributed by atoms with Gasteiger partial charge in [-0.2, -0.15) is 0 Å². The number of hydrogen-bond acceptors (Lipinski definition) is 5. The van der Waals surface area contributed by atoms with Crippen LogP contribution in [0.25, 0.3) is 0 Å². The van der Waals surface area contributed by atoms with Gasteiger partial charge in [-0.05, 0) is 49.9 Å². The lowest BCUT2D eigenvalue weighted by Crippen LogP contribution is -2.51. The molecule has 0 radical (unpaired) electrons. The number of rotatable bonds is 6. The van der Waals surface area contributed by atoms with Crippen molar-refractivity contribution in [3.63, 3.8) is 0 Å². The van der Waals surface area contributed by atoms with Crippen molar-refractivity contribution in [1.82, 2.24) is 5.32 Å². The van der Waals surface area contributed by atoms with Gasteiger partial charge in [0, 0.05) is 5.56 Å². The summed E-state index contributed by atoms with van der Waals surface area (Å²) in [7, 11) is 0. The van der Waals surface area contributed by atoms with Crippen molar-refractivity contribution in [2.75, 3.05) is 13.4 Å². The molecule has 0 spiro atoms. The third kappa shape index (κ3) is 3.60. The average Bonchev–Trinajstić information content (AvgIpc) is 3.13. The van der Waals surface area contributed by atoms with Crippen molar-refractivity contribution in [1.29, 1.82) is 0 Å². The lowest BCUT2D eigenvalue weighted by Gasteiger charge is -2.43. The van der Waals surface area contributed by atoms with E-state index < -0.39 is 0 Å². The molecule has 1 fully saturated rings. The van der Waals surface area contributed by atoms with Crippen molar-refractivity contribution >= 4 is 11.6 Å². The first-order valence-corrected chi connectivity index (χ1v) is 9.09. The summed E-state index contributed by atoms with van der Waals surface area (Å²) in [5.41, 5.74) is 2.41. The minimum absolute atomic E-state index is 0.115. The Morgan fingerprint density at radius 2 is 1.93 bits per heavy atom. The molecule has 0 atom stereocenters. The molecule has 2 aliphatic rings. The molecule has 1 amide bonds. The van der Waals surface area contributed by atoms with E-state index in [4.69, 9.17) is 14.3 Å². The van der Waals surface area contributed by atoms with Crippen LogP contribution in [0.1, 0.15) is 37.3 Å². The van der Waals surface area contributed by atoms with E-state index >= 15 is 0 Å². The Labute approximate surface area is 158 Å². The van der Waals surface area contributed by atoms with Gasteiger partial charge in [0.15, 0.2) is 18.1 Å². The van der Waals surface area contributed by atoms with Gasteiger partial charge in [-0.3, -0.25) is 4.79 Å². The number of nitrogens with one attached hydrogen (secondary N) is 1. The van der Waals surface area contributed by atoms with Crippen LogP contribution in [0.5, 0.6) is 11.5 Å². The topological polar surface area (TPSA) is 69.2 Å². The Kier molecular flexibility index (Phi) is 4.71. The quantitative estimate of drug-likeness (QED) is 0.629. The summed E-state index contributed by atoms with van der Waals surface area (Å²) in [4.78, 5) is 17.6. The van der Waals surface area contributed by atoms with Crippen LogP contribution in [0.15, 0.2) is 53.7 Å². The number of benzene rings is 2. The molecule has 0 saturated heterocycles. The molecule has 2 aromatic rings. The number of oxime groups is 1. The van der Waals surface area contributed by atoms with Crippen molar-refractivity contribution in [3.05, 3.63) is 59.7 Å². The monoisotopic (exact) mass is 366 g/mol. The average molecular weight is 366 g/mol. The number of hydrogen-bond donors (Lipinski definition) is 1. The molecule has 0 aromatic heterocycles. The second kappa shape index (κ2) is 7.31. The Balaban J connectivity index is 1.34. The van der Waals surface area contributed by atoms with Crippen LogP contribution in [0, 0.1) is 0 Å². The van der Waals surface area contributed by atoms with Crippen molar-refractivity contribution in [3.8, 4) is 11.5 Å². The highest BCUT2D eigenvalue weighted by Gasteiger charge is 2.39. The number of fused-ring (bicyclic) bond motifs is 1. The van der Waals surface area contributed by atoms with Crippen LogP contribution in [0.3, 0.4) is 0 Å². The van der Waals surface area contributed by atoms with Crippen LogP contribution in [-0.2, 0) is 15.2 Å². The minimum atomic E-state index is -0.266. The number of carbonyl (C=O) groups excluding carboxylic acids is 1. The Morgan fingerprint density at radius 3 is 2.67 bits per heavy atom. The molecule has 0 unspecified atom stereocenters. The predicted octanol–water partition coefficient (Wildman–Crippen LogP) is 3.35. The second-order valence-corrected chi connectivity index (χ2v) is 6.87. The van der Waals surface area contributed by atoms with E-state index in [1.54, 1.807) is 0 Å². The summed E-state index contributed by atoms with van der Waals surface area (Å²) in [5.74, 6) is 1.24. The highest BCUT2D eigenvalue weighted by atomic mass is 16.7. The van der Waals surface area contributed by atoms with Gasteiger partial charge in [0.1, 0.15) is 0 Å². The first-order valence-electron chi connectivity index (χ1n) is 9.09. The lowest BCUT2D eigenvalue weighted by atomic mass is 9.72. The fourth-order valence-corrected chi connectivity index (χ4v) is 3.44. The van der Waals surface area contributed by atoms with E-state index in [0.717, 1.165) is 36.1 Å². The zero-order valence-electron chi connectivity index (χ0n) is 15.2. The maximum absolute atomic E-state index is 12.4. The number of carbonyl (C=O) groups is 1. The molecule has 1 N–H and O–H groups in total. The molecule has 1 heterocycles. The number of ether oxygens (including phenoxy) is 2. The van der Waals surface area contributed by atoms with Gasteiger partial charge in [-0.25, -0.2) is 0 Å². The fraction of sp³-hybridized carbons (Fsp3) is 0.333. The first kappa shape index (κ1) is 17.4. The number of amides is 1. The fourth-order valence-electron chi connectivity index (χ4n) is 3.44. The van der Waals surface area contributed by atoms with Crippen LogP contribution >= 0.6 is 0 Å².